The number of amides is 1. The van der Waals surface area contributed by atoms with Gasteiger partial charge in [0.05, 0.1) is 6.10 Å². The van der Waals surface area contributed by atoms with Crippen LogP contribution in [0.2, 0.25) is 0 Å². The standard InChI is InChI=1S/C24H36N2O2/c1-19(2)21-7-5-20(6-8-21)16-25-13-11-24(12-14-25)10-9-23(27)26(18-24)17-22-4-3-15-28-22/h5-8,19,22H,3-4,9-18H2,1-2H3/t22-/m0/s1. The summed E-state index contributed by atoms with van der Waals surface area (Å²) in [5.74, 6) is 0.935. The van der Waals surface area contributed by atoms with Crippen molar-refractivity contribution in [2.45, 2.75) is 70.9 Å². The van der Waals surface area contributed by atoms with Crippen molar-refractivity contribution in [2.75, 3.05) is 32.8 Å². The van der Waals surface area contributed by atoms with E-state index in [9.17, 15) is 4.79 Å². The van der Waals surface area contributed by atoms with E-state index >= 15 is 0 Å². The molecule has 0 saturated carbocycles. The quantitative estimate of drug-likeness (QED) is 0.763. The first-order valence-corrected chi connectivity index (χ1v) is 11.2. The Labute approximate surface area is 170 Å². The maximum atomic E-state index is 12.4. The molecule has 0 N–H and O–H groups in total. The summed E-state index contributed by atoms with van der Waals surface area (Å²) in [4.78, 5) is 17.2. The predicted octanol–water partition coefficient (Wildman–Crippen LogP) is 4.19. The average Bonchev–Trinajstić information content (AvgIpc) is 3.20. The second-order valence-electron chi connectivity index (χ2n) is 9.58. The molecule has 3 aliphatic heterocycles. The minimum Gasteiger partial charge on any atom is -0.376 e. The van der Waals surface area contributed by atoms with Crippen molar-refractivity contribution in [3.05, 3.63) is 35.4 Å². The average molecular weight is 385 g/mol. The van der Waals surface area contributed by atoms with Gasteiger partial charge in [-0.05, 0) is 67.7 Å². The third-order valence-electron chi connectivity index (χ3n) is 7.17. The van der Waals surface area contributed by atoms with Gasteiger partial charge in [-0.3, -0.25) is 9.69 Å². The molecule has 154 valence electrons. The topological polar surface area (TPSA) is 32.8 Å². The summed E-state index contributed by atoms with van der Waals surface area (Å²) < 4.78 is 5.78. The lowest BCUT2D eigenvalue weighted by Gasteiger charge is -2.48. The van der Waals surface area contributed by atoms with Gasteiger partial charge in [-0.2, -0.15) is 0 Å². The molecule has 1 spiro atoms. The van der Waals surface area contributed by atoms with Gasteiger partial charge < -0.3 is 9.64 Å². The molecule has 1 aromatic carbocycles. The summed E-state index contributed by atoms with van der Waals surface area (Å²) in [6, 6.07) is 9.15. The maximum absolute atomic E-state index is 12.4. The van der Waals surface area contributed by atoms with Crippen LogP contribution in [0.3, 0.4) is 0 Å². The molecule has 3 heterocycles. The zero-order valence-electron chi connectivity index (χ0n) is 17.7. The molecule has 0 aromatic heterocycles. The summed E-state index contributed by atoms with van der Waals surface area (Å²) in [6.07, 6.45) is 6.76. The van der Waals surface area contributed by atoms with Crippen LogP contribution in [0.5, 0.6) is 0 Å². The molecule has 1 atom stereocenters. The molecule has 4 nitrogen and oxygen atoms in total. The Bertz CT molecular complexity index is 656. The number of benzene rings is 1. The molecule has 28 heavy (non-hydrogen) atoms. The molecule has 4 heteroatoms. The number of likely N-dealkylation sites (tertiary alicyclic amines) is 2. The van der Waals surface area contributed by atoms with Crippen LogP contribution in [-0.2, 0) is 16.1 Å². The third-order valence-corrected chi connectivity index (χ3v) is 7.17. The van der Waals surface area contributed by atoms with Crippen molar-refractivity contribution in [2.24, 2.45) is 5.41 Å². The highest BCUT2D eigenvalue weighted by atomic mass is 16.5. The van der Waals surface area contributed by atoms with E-state index in [1.165, 1.54) is 24.0 Å². The van der Waals surface area contributed by atoms with Crippen molar-refractivity contribution in [3.8, 4) is 0 Å². The fraction of sp³-hybridized carbons (Fsp3) is 0.708. The van der Waals surface area contributed by atoms with Crippen LogP contribution in [0.1, 0.15) is 69.4 Å². The first-order valence-electron chi connectivity index (χ1n) is 11.2. The van der Waals surface area contributed by atoms with E-state index in [0.717, 1.165) is 65.0 Å². The number of ether oxygens (including phenoxy) is 1. The van der Waals surface area contributed by atoms with Crippen LogP contribution in [-0.4, -0.2) is 54.6 Å². The van der Waals surface area contributed by atoms with Crippen molar-refractivity contribution in [3.63, 3.8) is 0 Å². The van der Waals surface area contributed by atoms with Crippen LogP contribution in [0, 0.1) is 5.41 Å². The molecule has 0 radical (unpaired) electrons. The Morgan fingerprint density at radius 3 is 2.54 bits per heavy atom. The van der Waals surface area contributed by atoms with E-state index < -0.39 is 0 Å². The molecule has 0 aliphatic carbocycles. The van der Waals surface area contributed by atoms with Crippen LogP contribution in [0.15, 0.2) is 24.3 Å². The zero-order valence-corrected chi connectivity index (χ0v) is 17.7. The fourth-order valence-corrected chi connectivity index (χ4v) is 5.16. The van der Waals surface area contributed by atoms with E-state index in [4.69, 9.17) is 4.74 Å². The van der Waals surface area contributed by atoms with Gasteiger partial charge >= 0.3 is 0 Å². The predicted molar refractivity (Wildman–Crippen MR) is 112 cm³/mol. The third kappa shape index (κ3) is 4.60. The van der Waals surface area contributed by atoms with E-state index in [1.807, 2.05) is 0 Å². The second-order valence-corrected chi connectivity index (χ2v) is 9.58. The molecule has 3 fully saturated rings. The Kier molecular flexibility index (Phi) is 6.07. The summed E-state index contributed by atoms with van der Waals surface area (Å²) in [6.45, 7) is 10.5. The minimum atomic E-state index is 0.271. The van der Waals surface area contributed by atoms with Crippen molar-refractivity contribution in [1.82, 2.24) is 9.80 Å². The molecule has 1 amide bonds. The van der Waals surface area contributed by atoms with E-state index in [0.29, 0.717) is 17.2 Å². The number of carbonyl (C=O) groups excluding carboxylic acids is 1. The summed E-state index contributed by atoms with van der Waals surface area (Å²) in [5, 5.41) is 0. The fourth-order valence-electron chi connectivity index (χ4n) is 5.16. The molecule has 4 rings (SSSR count). The van der Waals surface area contributed by atoms with Gasteiger partial charge in [0.15, 0.2) is 0 Å². The highest BCUT2D eigenvalue weighted by Gasteiger charge is 2.41. The van der Waals surface area contributed by atoms with Gasteiger partial charge in [-0.1, -0.05) is 38.1 Å². The summed E-state index contributed by atoms with van der Waals surface area (Å²) in [7, 11) is 0. The Morgan fingerprint density at radius 2 is 1.89 bits per heavy atom. The molecular weight excluding hydrogens is 348 g/mol. The lowest BCUT2D eigenvalue weighted by Crippen LogP contribution is -2.52. The van der Waals surface area contributed by atoms with E-state index in [1.54, 1.807) is 0 Å². The molecule has 1 aromatic rings. The molecule has 3 saturated heterocycles. The Balaban J connectivity index is 1.30. The lowest BCUT2D eigenvalue weighted by molar-refractivity contribution is -0.141. The molecule has 3 aliphatic rings. The van der Waals surface area contributed by atoms with Crippen LogP contribution >= 0.6 is 0 Å². The van der Waals surface area contributed by atoms with Gasteiger partial charge in [0.25, 0.3) is 0 Å². The van der Waals surface area contributed by atoms with Crippen molar-refractivity contribution < 1.29 is 9.53 Å². The maximum Gasteiger partial charge on any atom is 0.222 e. The van der Waals surface area contributed by atoms with E-state index in [-0.39, 0.29) is 6.10 Å². The molecule has 0 unspecified atom stereocenters. The Morgan fingerprint density at radius 1 is 1.14 bits per heavy atom. The minimum absolute atomic E-state index is 0.271. The number of hydrogen-bond acceptors (Lipinski definition) is 3. The SMILES string of the molecule is CC(C)c1ccc(CN2CCC3(CCC(=O)N(C[C@@H]4CCCO4)C3)CC2)cc1. The first-order chi connectivity index (χ1) is 13.5. The summed E-state index contributed by atoms with van der Waals surface area (Å²) in [5.41, 5.74) is 3.17. The normalized spacial score (nSPS) is 25.8. The number of nitrogens with zero attached hydrogens (tertiary/aromatic N) is 2. The smallest absolute Gasteiger partial charge is 0.222 e. The van der Waals surface area contributed by atoms with Gasteiger partial charge in [0.1, 0.15) is 0 Å². The number of hydrogen-bond donors (Lipinski definition) is 0. The van der Waals surface area contributed by atoms with Gasteiger partial charge in [0, 0.05) is 32.7 Å². The highest BCUT2D eigenvalue weighted by molar-refractivity contribution is 5.77. The van der Waals surface area contributed by atoms with E-state index in [2.05, 4.69) is 47.9 Å². The van der Waals surface area contributed by atoms with Crippen LogP contribution < -0.4 is 0 Å². The number of piperidine rings is 2. The zero-order chi connectivity index (χ0) is 19.6. The van der Waals surface area contributed by atoms with Gasteiger partial charge in [-0.15, -0.1) is 0 Å². The Hall–Kier alpha value is -1.39. The highest BCUT2D eigenvalue weighted by Crippen LogP contribution is 2.40. The second kappa shape index (κ2) is 8.54. The van der Waals surface area contributed by atoms with Crippen LogP contribution in [0.4, 0.5) is 0 Å². The number of carbonyl (C=O) groups is 1. The van der Waals surface area contributed by atoms with Gasteiger partial charge in [0.2, 0.25) is 5.91 Å². The van der Waals surface area contributed by atoms with Gasteiger partial charge in [-0.25, -0.2) is 0 Å². The van der Waals surface area contributed by atoms with Crippen LogP contribution in [0.25, 0.3) is 0 Å². The van der Waals surface area contributed by atoms with Crippen molar-refractivity contribution >= 4 is 5.91 Å². The monoisotopic (exact) mass is 384 g/mol. The largest absolute Gasteiger partial charge is 0.376 e. The first kappa shape index (κ1) is 19.9. The summed E-state index contributed by atoms with van der Waals surface area (Å²) >= 11 is 0. The molecular formula is C24H36N2O2. The lowest BCUT2D eigenvalue weighted by atomic mass is 9.72. The number of rotatable bonds is 5. The van der Waals surface area contributed by atoms with Crippen molar-refractivity contribution in [1.29, 1.82) is 0 Å². The molecule has 0 bridgehead atoms.